The van der Waals surface area contributed by atoms with Crippen LogP contribution in [0.3, 0.4) is 0 Å². The second kappa shape index (κ2) is 6.53. The van der Waals surface area contributed by atoms with Gasteiger partial charge in [-0.3, -0.25) is 0 Å². The number of benzene rings is 1. The van der Waals surface area contributed by atoms with Crippen molar-refractivity contribution < 1.29 is 22.7 Å². The Hall–Kier alpha value is -1.47. The number of hydrogen-bond donors (Lipinski definition) is 2. The summed E-state index contributed by atoms with van der Waals surface area (Å²) in [6.07, 6.45) is -4.68. The van der Waals surface area contributed by atoms with E-state index in [2.05, 4.69) is 10.6 Å². The SMILES string of the molecule is O=C(NCc1cccc(C(F)(F)F)c1Cl)O[C@H]1CCNC1. The molecule has 0 aliphatic carbocycles. The molecule has 0 radical (unpaired) electrons. The van der Waals surface area contributed by atoms with E-state index in [1.54, 1.807) is 0 Å². The molecule has 0 saturated carbocycles. The van der Waals surface area contributed by atoms with Gasteiger partial charge in [0, 0.05) is 13.1 Å². The number of halogens is 4. The van der Waals surface area contributed by atoms with Crippen LogP contribution in [0.5, 0.6) is 0 Å². The average molecular weight is 323 g/mol. The Bertz CT molecular complexity index is 517. The van der Waals surface area contributed by atoms with Crippen LogP contribution in [0.1, 0.15) is 17.5 Å². The number of ether oxygens (including phenoxy) is 1. The maximum absolute atomic E-state index is 12.7. The largest absolute Gasteiger partial charge is 0.445 e. The van der Waals surface area contributed by atoms with Crippen molar-refractivity contribution in [2.24, 2.45) is 0 Å². The number of alkyl carbamates (subject to hydrolysis) is 1. The zero-order valence-corrected chi connectivity index (χ0v) is 11.7. The fraction of sp³-hybridized carbons (Fsp3) is 0.462. The number of carbonyl (C=O) groups is 1. The summed E-state index contributed by atoms with van der Waals surface area (Å²) in [6.45, 7) is 1.23. The van der Waals surface area contributed by atoms with Crippen molar-refractivity contribution in [2.45, 2.75) is 25.2 Å². The molecule has 0 aromatic heterocycles. The maximum Gasteiger partial charge on any atom is 0.417 e. The molecule has 2 N–H and O–H groups in total. The molecule has 2 rings (SSSR count). The Kier molecular flexibility index (Phi) is 4.95. The van der Waals surface area contributed by atoms with Gasteiger partial charge in [0.25, 0.3) is 0 Å². The quantitative estimate of drug-likeness (QED) is 0.899. The van der Waals surface area contributed by atoms with Crippen LogP contribution >= 0.6 is 11.6 Å². The van der Waals surface area contributed by atoms with Crippen molar-refractivity contribution in [3.8, 4) is 0 Å². The van der Waals surface area contributed by atoms with Crippen LogP contribution in [0, 0.1) is 0 Å². The maximum atomic E-state index is 12.7. The summed E-state index contributed by atoms with van der Waals surface area (Å²) < 4.78 is 43.2. The van der Waals surface area contributed by atoms with Gasteiger partial charge in [-0.15, -0.1) is 0 Å². The average Bonchev–Trinajstić information content (AvgIpc) is 2.89. The molecule has 1 amide bonds. The van der Waals surface area contributed by atoms with Gasteiger partial charge in [0.15, 0.2) is 0 Å². The van der Waals surface area contributed by atoms with Crippen LogP contribution < -0.4 is 10.6 Å². The van der Waals surface area contributed by atoms with Gasteiger partial charge in [0.2, 0.25) is 0 Å². The zero-order valence-electron chi connectivity index (χ0n) is 11.0. The van der Waals surface area contributed by atoms with Crippen LogP contribution in [0.15, 0.2) is 18.2 Å². The second-order valence-electron chi connectivity index (χ2n) is 4.65. The summed E-state index contributed by atoms with van der Waals surface area (Å²) >= 11 is 5.73. The third kappa shape index (κ3) is 4.25. The van der Waals surface area contributed by atoms with E-state index in [1.807, 2.05) is 0 Å². The van der Waals surface area contributed by atoms with Crippen molar-refractivity contribution >= 4 is 17.7 Å². The summed E-state index contributed by atoms with van der Waals surface area (Å²) in [5.74, 6) is 0. The van der Waals surface area contributed by atoms with Crippen LogP contribution in [-0.2, 0) is 17.5 Å². The summed E-state index contributed by atoms with van der Waals surface area (Å²) in [4.78, 5) is 11.5. The van der Waals surface area contributed by atoms with Gasteiger partial charge in [-0.05, 0) is 24.6 Å². The summed E-state index contributed by atoms with van der Waals surface area (Å²) in [5, 5.41) is 5.03. The number of nitrogens with one attached hydrogen (secondary N) is 2. The molecule has 1 aliphatic heterocycles. The zero-order chi connectivity index (χ0) is 15.5. The molecule has 1 fully saturated rings. The van der Waals surface area contributed by atoms with Gasteiger partial charge in [0.05, 0.1) is 10.6 Å². The van der Waals surface area contributed by atoms with Crippen molar-refractivity contribution in [1.82, 2.24) is 10.6 Å². The molecular weight excluding hydrogens is 309 g/mol. The van der Waals surface area contributed by atoms with E-state index in [1.165, 1.54) is 12.1 Å². The third-order valence-corrected chi connectivity index (χ3v) is 3.54. The first-order valence-electron chi connectivity index (χ1n) is 6.37. The predicted molar refractivity (Wildman–Crippen MR) is 71.0 cm³/mol. The van der Waals surface area contributed by atoms with E-state index >= 15 is 0 Å². The fourth-order valence-electron chi connectivity index (χ4n) is 2.02. The van der Waals surface area contributed by atoms with Gasteiger partial charge in [0.1, 0.15) is 6.10 Å². The molecule has 116 valence electrons. The number of carbonyl (C=O) groups excluding carboxylic acids is 1. The van der Waals surface area contributed by atoms with Gasteiger partial charge in [-0.2, -0.15) is 13.2 Å². The second-order valence-corrected chi connectivity index (χ2v) is 5.03. The van der Waals surface area contributed by atoms with Gasteiger partial charge >= 0.3 is 12.3 Å². The Morgan fingerprint density at radius 1 is 1.48 bits per heavy atom. The highest BCUT2D eigenvalue weighted by atomic mass is 35.5. The van der Waals surface area contributed by atoms with Crippen LogP contribution in [0.25, 0.3) is 0 Å². The lowest BCUT2D eigenvalue weighted by Gasteiger charge is -2.14. The lowest BCUT2D eigenvalue weighted by Crippen LogP contribution is -2.29. The molecule has 1 aliphatic rings. The first-order valence-corrected chi connectivity index (χ1v) is 6.75. The van der Waals surface area contributed by atoms with Crippen LogP contribution in [0.2, 0.25) is 5.02 Å². The van der Waals surface area contributed by atoms with E-state index < -0.39 is 22.9 Å². The minimum absolute atomic E-state index is 0.123. The molecule has 1 atom stereocenters. The number of amides is 1. The standard InChI is InChI=1S/C13H14ClF3N2O2/c14-11-8(2-1-3-10(11)13(15,16)17)6-19-12(20)21-9-4-5-18-7-9/h1-3,9,18H,4-7H2,(H,19,20)/t9-/m0/s1. The molecule has 21 heavy (non-hydrogen) atoms. The normalized spacial score (nSPS) is 18.6. The smallest absolute Gasteiger partial charge is 0.417 e. The van der Waals surface area contributed by atoms with Crippen molar-refractivity contribution in [3.05, 3.63) is 34.3 Å². The molecule has 8 heteroatoms. The number of hydrogen-bond acceptors (Lipinski definition) is 3. The highest BCUT2D eigenvalue weighted by Gasteiger charge is 2.33. The molecule has 0 spiro atoms. The van der Waals surface area contributed by atoms with Crippen molar-refractivity contribution in [2.75, 3.05) is 13.1 Å². The number of alkyl halides is 3. The first kappa shape index (κ1) is 15.9. The Balaban J connectivity index is 1.95. The lowest BCUT2D eigenvalue weighted by atomic mass is 10.1. The third-order valence-electron chi connectivity index (χ3n) is 3.10. The minimum Gasteiger partial charge on any atom is -0.445 e. The fourth-order valence-corrected chi connectivity index (χ4v) is 2.32. The molecule has 0 unspecified atom stereocenters. The molecule has 1 heterocycles. The summed E-state index contributed by atoms with van der Waals surface area (Å²) in [5.41, 5.74) is -0.732. The van der Waals surface area contributed by atoms with E-state index in [4.69, 9.17) is 16.3 Å². The predicted octanol–water partition coefficient (Wildman–Crippen LogP) is 2.95. The molecule has 1 aromatic carbocycles. The Morgan fingerprint density at radius 3 is 2.86 bits per heavy atom. The Morgan fingerprint density at radius 2 is 2.24 bits per heavy atom. The summed E-state index contributed by atoms with van der Waals surface area (Å²) in [6, 6.07) is 3.57. The van der Waals surface area contributed by atoms with E-state index in [0.29, 0.717) is 6.54 Å². The highest BCUT2D eigenvalue weighted by Crippen LogP contribution is 2.36. The highest BCUT2D eigenvalue weighted by molar-refractivity contribution is 6.32. The lowest BCUT2D eigenvalue weighted by molar-refractivity contribution is -0.137. The number of rotatable bonds is 3. The Labute approximate surface area is 124 Å². The molecular formula is C13H14ClF3N2O2. The topological polar surface area (TPSA) is 50.4 Å². The van der Waals surface area contributed by atoms with E-state index in [-0.39, 0.29) is 18.2 Å². The van der Waals surface area contributed by atoms with Crippen molar-refractivity contribution in [3.63, 3.8) is 0 Å². The van der Waals surface area contributed by atoms with Gasteiger partial charge in [-0.25, -0.2) is 4.79 Å². The molecule has 1 saturated heterocycles. The van der Waals surface area contributed by atoms with Crippen molar-refractivity contribution in [1.29, 1.82) is 0 Å². The summed E-state index contributed by atoms with van der Waals surface area (Å²) in [7, 11) is 0. The van der Waals surface area contributed by atoms with E-state index in [9.17, 15) is 18.0 Å². The minimum atomic E-state index is -4.52. The molecule has 0 bridgehead atoms. The molecule has 1 aromatic rings. The van der Waals surface area contributed by atoms with Gasteiger partial charge in [-0.1, -0.05) is 23.7 Å². The van der Waals surface area contributed by atoms with Crippen LogP contribution in [0.4, 0.5) is 18.0 Å². The van der Waals surface area contributed by atoms with E-state index in [0.717, 1.165) is 19.0 Å². The molecule has 4 nitrogen and oxygen atoms in total. The van der Waals surface area contributed by atoms with Gasteiger partial charge < -0.3 is 15.4 Å². The monoisotopic (exact) mass is 322 g/mol. The first-order chi connectivity index (χ1) is 9.88. The van der Waals surface area contributed by atoms with Crippen LogP contribution in [-0.4, -0.2) is 25.3 Å².